The van der Waals surface area contributed by atoms with E-state index in [2.05, 4.69) is 15.5 Å². The van der Waals surface area contributed by atoms with Gasteiger partial charge in [0.05, 0.1) is 34.4 Å². The van der Waals surface area contributed by atoms with Gasteiger partial charge in [0.25, 0.3) is 5.91 Å². The molecule has 0 unspecified atom stereocenters. The number of amides is 1. The predicted molar refractivity (Wildman–Crippen MR) is 140 cm³/mol. The van der Waals surface area contributed by atoms with Gasteiger partial charge in [-0.25, -0.2) is 15.2 Å². The summed E-state index contributed by atoms with van der Waals surface area (Å²) in [4.78, 5) is 29.2. The summed E-state index contributed by atoms with van der Waals surface area (Å²) in [5, 5.41) is 4.03. The summed E-state index contributed by atoms with van der Waals surface area (Å²) < 4.78 is 13.1. The predicted octanol–water partition coefficient (Wildman–Crippen LogP) is 5.47. The zero-order valence-corrected chi connectivity index (χ0v) is 20.8. The molecular weight excluding hydrogens is 482 g/mol. The minimum absolute atomic E-state index is 0.204. The van der Waals surface area contributed by atoms with Crippen LogP contribution in [0.2, 0.25) is 0 Å². The summed E-state index contributed by atoms with van der Waals surface area (Å²) in [5.41, 5.74) is 5.56. The summed E-state index contributed by atoms with van der Waals surface area (Å²) in [6.07, 6.45) is 1.51. The number of esters is 1. The van der Waals surface area contributed by atoms with Crippen molar-refractivity contribution >= 4 is 51.4 Å². The Balaban J connectivity index is 1.34. The maximum absolute atomic E-state index is 12.5. The van der Waals surface area contributed by atoms with Crippen molar-refractivity contribution < 1.29 is 19.1 Å². The molecule has 0 atom stereocenters. The quantitative estimate of drug-likeness (QED) is 0.107. The van der Waals surface area contributed by atoms with Crippen molar-refractivity contribution in [3.8, 4) is 11.5 Å². The van der Waals surface area contributed by atoms with Gasteiger partial charge in [0, 0.05) is 0 Å². The van der Waals surface area contributed by atoms with Crippen LogP contribution in [0.4, 0.5) is 0 Å². The highest BCUT2D eigenvalue weighted by Crippen LogP contribution is 2.30. The number of nitrogens with zero attached hydrogens (tertiary/aromatic N) is 2. The van der Waals surface area contributed by atoms with E-state index in [1.165, 1.54) is 18.0 Å². The molecular formula is C26H23N3O4S2. The number of carbonyl (C=O) groups excluding carboxylic acids is 2. The first-order valence-corrected chi connectivity index (χ1v) is 12.7. The van der Waals surface area contributed by atoms with Gasteiger partial charge in [-0.2, -0.15) is 5.10 Å². The minimum Gasteiger partial charge on any atom is -0.490 e. The van der Waals surface area contributed by atoms with Crippen LogP contribution in [0, 0.1) is 6.92 Å². The molecule has 35 heavy (non-hydrogen) atoms. The van der Waals surface area contributed by atoms with E-state index in [1.54, 1.807) is 47.7 Å². The first-order chi connectivity index (χ1) is 17.0. The third kappa shape index (κ3) is 6.68. The fraction of sp³-hybridized carbons (Fsp3) is 0.154. The Hall–Kier alpha value is -3.69. The largest absolute Gasteiger partial charge is 0.490 e. The van der Waals surface area contributed by atoms with E-state index < -0.39 is 5.97 Å². The zero-order valence-electron chi connectivity index (χ0n) is 19.2. The fourth-order valence-corrected chi connectivity index (χ4v) is 5.00. The summed E-state index contributed by atoms with van der Waals surface area (Å²) in [7, 11) is 0. The summed E-state index contributed by atoms with van der Waals surface area (Å²) >= 11 is 2.92. The lowest BCUT2D eigenvalue weighted by atomic mass is 10.1. The van der Waals surface area contributed by atoms with E-state index in [0.717, 1.165) is 20.1 Å². The number of fused-ring (bicyclic) bond motifs is 1. The number of hydrogen-bond acceptors (Lipinski definition) is 8. The Morgan fingerprint density at radius 1 is 1.09 bits per heavy atom. The van der Waals surface area contributed by atoms with E-state index in [0.29, 0.717) is 29.2 Å². The van der Waals surface area contributed by atoms with Crippen LogP contribution in [-0.2, 0) is 4.79 Å². The van der Waals surface area contributed by atoms with Crippen LogP contribution in [0.25, 0.3) is 10.2 Å². The number of carbonyl (C=O) groups is 2. The molecule has 4 aromatic rings. The molecule has 1 N–H and O–H groups in total. The summed E-state index contributed by atoms with van der Waals surface area (Å²) in [5.74, 6) is 0.227. The van der Waals surface area contributed by atoms with Crippen molar-refractivity contribution in [3.05, 3.63) is 83.4 Å². The Morgan fingerprint density at radius 3 is 2.74 bits per heavy atom. The van der Waals surface area contributed by atoms with Gasteiger partial charge >= 0.3 is 5.97 Å². The van der Waals surface area contributed by atoms with Crippen molar-refractivity contribution in [3.63, 3.8) is 0 Å². The van der Waals surface area contributed by atoms with E-state index in [-0.39, 0.29) is 11.7 Å². The molecule has 0 saturated carbocycles. The molecule has 0 fully saturated rings. The maximum atomic E-state index is 12.5. The third-order valence-electron chi connectivity index (χ3n) is 4.73. The van der Waals surface area contributed by atoms with Gasteiger partial charge < -0.3 is 9.47 Å². The molecule has 0 aliphatic rings. The molecule has 7 nitrogen and oxygen atoms in total. The normalized spacial score (nSPS) is 11.0. The van der Waals surface area contributed by atoms with Crippen LogP contribution < -0.4 is 14.9 Å². The first-order valence-electron chi connectivity index (χ1n) is 10.9. The Kier molecular flexibility index (Phi) is 8.12. The Morgan fingerprint density at radius 2 is 1.94 bits per heavy atom. The lowest BCUT2D eigenvalue weighted by Gasteiger charge is -2.11. The highest BCUT2D eigenvalue weighted by Gasteiger charge is 2.13. The standard InChI is InChI=1S/C26H23N3O4S2/c1-3-32-22-14-18(11-12-21(22)33-25(31)19-8-6-7-17(2)13-19)15-27-29-24(30)16-34-26-28-20-9-4-5-10-23(20)35-26/h4-15H,3,16H2,1-2H3,(H,29,30)/b27-15-. The SMILES string of the molecule is CCOc1cc(/C=N\NC(=O)CSc2nc3ccccc3s2)ccc1OC(=O)c1cccc(C)c1. The number of para-hydroxylation sites is 1. The highest BCUT2D eigenvalue weighted by molar-refractivity contribution is 8.01. The van der Waals surface area contributed by atoms with Gasteiger partial charge in [0.15, 0.2) is 15.8 Å². The van der Waals surface area contributed by atoms with E-state index in [9.17, 15) is 9.59 Å². The van der Waals surface area contributed by atoms with Gasteiger partial charge in [-0.15, -0.1) is 11.3 Å². The number of thioether (sulfide) groups is 1. The van der Waals surface area contributed by atoms with Crippen LogP contribution in [0.15, 0.2) is 76.2 Å². The number of nitrogens with one attached hydrogen (secondary N) is 1. The van der Waals surface area contributed by atoms with Crippen molar-refractivity contribution in [1.82, 2.24) is 10.4 Å². The van der Waals surface area contributed by atoms with Gasteiger partial charge in [0.2, 0.25) is 0 Å². The number of aromatic nitrogens is 1. The maximum Gasteiger partial charge on any atom is 0.343 e. The topological polar surface area (TPSA) is 89.9 Å². The van der Waals surface area contributed by atoms with Gasteiger partial charge in [-0.3, -0.25) is 4.79 Å². The number of hydrazone groups is 1. The monoisotopic (exact) mass is 505 g/mol. The molecule has 0 aliphatic heterocycles. The number of aryl methyl sites for hydroxylation is 1. The molecule has 1 heterocycles. The van der Waals surface area contributed by atoms with Crippen molar-refractivity contribution in [1.29, 1.82) is 0 Å². The minimum atomic E-state index is -0.464. The Labute approximate surface area is 211 Å². The van der Waals surface area contributed by atoms with Crippen LogP contribution in [0.3, 0.4) is 0 Å². The number of rotatable bonds is 9. The molecule has 9 heteroatoms. The van der Waals surface area contributed by atoms with Crippen molar-refractivity contribution in [2.45, 2.75) is 18.2 Å². The molecule has 4 rings (SSSR count). The Bertz CT molecular complexity index is 1350. The van der Waals surface area contributed by atoms with Crippen LogP contribution in [-0.4, -0.2) is 35.4 Å². The second-order valence-corrected chi connectivity index (χ2v) is 9.68. The number of hydrogen-bond donors (Lipinski definition) is 1. The second-order valence-electron chi connectivity index (χ2n) is 7.43. The second kappa shape index (κ2) is 11.6. The average molecular weight is 506 g/mol. The average Bonchev–Trinajstić information content (AvgIpc) is 3.27. The van der Waals surface area contributed by atoms with E-state index in [1.807, 2.05) is 44.2 Å². The van der Waals surface area contributed by atoms with Gasteiger partial charge in [-0.05, 0) is 61.9 Å². The molecule has 0 spiro atoms. The van der Waals surface area contributed by atoms with Crippen molar-refractivity contribution in [2.75, 3.05) is 12.4 Å². The molecule has 1 amide bonds. The van der Waals surface area contributed by atoms with Crippen molar-refractivity contribution in [2.24, 2.45) is 5.10 Å². The third-order valence-corrected chi connectivity index (χ3v) is 6.91. The molecule has 3 aromatic carbocycles. The molecule has 0 radical (unpaired) electrons. The van der Waals surface area contributed by atoms with Crippen LogP contribution in [0.5, 0.6) is 11.5 Å². The molecule has 1 aromatic heterocycles. The van der Waals surface area contributed by atoms with Gasteiger partial charge in [-0.1, -0.05) is 41.6 Å². The van der Waals surface area contributed by atoms with E-state index in [4.69, 9.17) is 9.47 Å². The van der Waals surface area contributed by atoms with Gasteiger partial charge in [0.1, 0.15) is 0 Å². The fourth-order valence-electron chi connectivity index (χ4n) is 3.14. The smallest absolute Gasteiger partial charge is 0.343 e. The molecule has 178 valence electrons. The molecule has 0 saturated heterocycles. The lowest BCUT2D eigenvalue weighted by molar-refractivity contribution is -0.118. The highest BCUT2D eigenvalue weighted by atomic mass is 32.2. The first kappa shape index (κ1) is 24.4. The lowest BCUT2D eigenvalue weighted by Crippen LogP contribution is -2.19. The number of benzene rings is 3. The summed E-state index contributed by atoms with van der Waals surface area (Å²) in [6, 6.07) is 20.1. The molecule has 0 aliphatic carbocycles. The van der Waals surface area contributed by atoms with Crippen LogP contribution >= 0.6 is 23.1 Å². The number of thiazole rings is 1. The van der Waals surface area contributed by atoms with Crippen LogP contribution in [0.1, 0.15) is 28.4 Å². The molecule has 0 bridgehead atoms. The zero-order chi connectivity index (χ0) is 24.6. The summed E-state index contributed by atoms with van der Waals surface area (Å²) in [6.45, 7) is 4.15. The van der Waals surface area contributed by atoms with E-state index >= 15 is 0 Å². The number of ether oxygens (including phenoxy) is 2.